The summed E-state index contributed by atoms with van der Waals surface area (Å²) in [4.78, 5) is 24.3. The molecule has 2 saturated carbocycles. The maximum Gasteiger partial charge on any atom is 0.272 e. The number of carbonyl (C=O) groups is 1. The Morgan fingerprint density at radius 1 is 1.09 bits per heavy atom. The van der Waals surface area contributed by atoms with Gasteiger partial charge in [0.1, 0.15) is 17.8 Å². The van der Waals surface area contributed by atoms with Crippen molar-refractivity contribution in [3.63, 3.8) is 0 Å². The van der Waals surface area contributed by atoms with Gasteiger partial charge in [-0.3, -0.25) is 9.48 Å². The number of amides is 1. The van der Waals surface area contributed by atoms with Crippen LogP contribution < -0.4 is 5.32 Å². The molecule has 0 aliphatic heterocycles. The fraction of sp³-hybridized carbons (Fsp3) is 0.333. The van der Waals surface area contributed by atoms with Crippen LogP contribution in [0, 0.1) is 6.92 Å². The minimum absolute atomic E-state index is 0.00397. The number of halogens is 1. The van der Waals surface area contributed by atoms with Gasteiger partial charge >= 0.3 is 0 Å². The Bertz CT molecular complexity index is 1440. The summed E-state index contributed by atoms with van der Waals surface area (Å²) in [6, 6.07) is 14.9. The van der Waals surface area contributed by atoms with Crippen LogP contribution in [0.5, 0.6) is 0 Å². The second-order valence-electron chi connectivity index (χ2n) is 9.64. The van der Waals surface area contributed by atoms with Crippen LogP contribution in [0.15, 0.2) is 48.8 Å². The van der Waals surface area contributed by atoms with Crippen LogP contribution in [0.2, 0.25) is 5.02 Å². The Labute approximate surface area is 209 Å². The van der Waals surface area contributed by atoms with Crippen LogP contribution in [0.3, 0.4) is 0 Å². The molecule has 1 amide bonds. The summed E-state index contributed by atoms with van der Waals surface area (Å²) in [7, 11) is 1.81. The van der Waals surface area contributed by atoms with Crippen LogP contribution in [0.4, 0.5) is 5.82 Å². The largest absolute Gasteiger partial charge is 0.367 e. The lowest BCUT2D eigenvalue weighted by molar-refractivity contribution is 0.0718. The van der Waals surface area contributed by atoms with Crippen molar-refractivity contribution in [2.75, 3.05) is 5.32 Å². The zero-order chi connectivity index (χ0) is 24.1. The second-order valence-corrected chi connectivity index (χ2v) is 10.0. The lowest BCUT2D eigenvalue weighted by Crippen LogP contribution is -2.34. The normalized spacial score (nSPS) is 15.4. The monoisotopic (exact) mass is 486 g/mol. The van der Waals surface area contributed by atoms with Gasteiger partial charge < -0.3 is 10.2 Å². The van der Waals surface area contributed by atoms with Crippen LogP contribution in [-0.2, 0) is 13.6 Å². The van der Waals surface area contributed by atoms with Crippen molar-refractivity contribution >= 4 is 34.2 Å². The topological polar surface area (TPSA) is 75.9 Å². The molecule has 7 nitrogen and oxygen atoms in total. The van der Waals surface area contributed by atoms with E-state index in [2.05, 4.69) is 38.6 Å². The highest BCUT2D eigenvalue weighted by Crippen LogP contribution is 2.34. The molecule has 2 fully saturated rings. The molecule has 178 valence electrons. The van der Waals surface area contributed by atoms with Crippen molar-refractivity contribution < 1.29 is 4.79 Å². The molecule has 0 radical (unpaired) electrons. The van der Waals surface area contributed by atoms with E-state index in [4.69, 9.17) is 11.6 Å². The molecular weight excluding hydrogens is 460 g/mol. The number of nitrogens with zero attached hydrogens (tertiary/aromatic N) is 5. The number of hydrogen-bond donors (Lipinski definition) is 1. The second kappa shape index (κ2) is 8.64. The van der Waals surface area contributed by atoms with Crippen molar-refractivity contribution in [3.05, 3.63) is 70.8 Å². The predicted molar refractivity (Wildman–Crippen MR) is 137 cm³/mol. The van der Waals surface area contributed by atoms with Gasteiger partial charge in [0.2, 0.25) is 0 Å². The van der Waals surface area contributed by atoms with E-state index in [0.717, 1.165) is 51.9 Å². The van der Waals surface area contributed by atoms with Gasteiger partial charge in [0.25, 0.3) is 5.91 Å². The number of carbonyl (C=O) groups excluding carboxylic acids is 1. The Kier molecular flexibility index (Phi) is 5.44. The van der Waals surface area contributed by atoms with E-state index in [1.807, 2.05) is 43.1 Å². The molecule has 35 heavy (non-hydrogen) atoms. The Hall–Kier alpha value is -3.45. The van der Waals surface area contributed by atoms with E-state index < -0.39 is 0 Å². The van der Waals surface area contributed by atoms with Crippen molar-refractivity contribution in [1.82, 2.24) is 24.6 Å². The van der Waals surface area contributed by atoms with Crippen LogP contribution >= 0.6 is 11.6 Å². The van der Waals surface area contributed by atoms with E-state index in [1.54, 1.807) is 11.0 Å². The molecule has 2 heterocycles. The Balaban J connectivity index is 1.33. The highest BCUT2D eigenvalue weighted by molar-refractivity contribution is 6.31. The first-order valence-electron chi connectivity index (χ1n) is 12.1. The summed E-state index contributed by atoms with van der Waals surface area (Å²) in [5.41, 5.74) is 5.40. The van der Waals surface area contributed by atoms with Gasteiger partial charge in [0.05, 0.1) is 11.2 Å². The summed E-state index contributed by atoms with van der Waals surface area (Å²) >= 11 is 6.64. The molecule has 2 aliphatic rings. The summed E-state index contributed by atoms with van der Waals surface area (Å²) in [5, 5.41) is 9.54. The molecule has 2 aromatic heterocycles. The first-order valence-corrected chi connectivity index (χ1v) is 12.5. The average Bonchev–Trinajstić information content (AvgIpc) is 3.78. The molecule has 0 saturated heterocycles. The number of rotatable bonds is 7. The third-order valence-electron chi connectivity index (χ3n) is 6.74. The molecule has 4 aromatic rings. The molecule has 2 aliphatic carbocycles. The zero-order valence-electron chi connectivity index (χ0n) is 19.8. The van der Waals surface area contributed by atoms with Gasteiger partial charge in [-0.05, 0) is 79.6 Å². The van der Waals surface area contributed by atoms with E-state index in [-0.39, 0.29) is 11.9 Å². The molecule has 0 unspecified atom stereocenters. The van der Waals surface area contributed by atoms with Crippen molar-refractivity contribution in [2.45, 2.75) is 51.2 Å². The standard InChI is InChI=1S/C27H27ClN6O/c1-16-11-25(33(2)32-16)27(35)34(21-7-8-21)14-19-12-17(3-9-23(19)28)18-4-10-24-22(13-18)26(30-15-29-24)31-20-5-6-20/h3-4,9-13,15,20-21H,5-8,14H2,1-2H3,(H,29,30,31). The fourth-order valence-corrected chi connectivity index (χ4v) is 4.72. The highest BCUT2D eigenvalue weighted by atomic mass is 35.5. The molecule has 0 spiro atoms. The smallest absolute Gasteiger partial charge is 0.272 e. The average molecular weight is 487 g/mol. The van der Waals surface area contributed by atoms with E-state index in [0.29, 0.717) is 23.3 Å². The first-order chi connectivity index (χ1) is 17.0. The third kappa shape index (κ3) is 4.48. The van der Waals surface area contributed by atoms with Crippen molar-refractivity contribution in [3.8, 4) is 11.1 Å². The molecule has 0 atom stereocenters. The number of aryl methyl sites for hydroxylation is 2. The Morgan fingerprint density at radius 2 is 1.86 bits per heavy atom. The summed E-state index contributed by atoms with van der Waals surface area (Å²) in [6.07, 6.45) is 6.00. The highest BCUT2D eigenvalue weighted by Gasteiger charge is 2.34. The molecule has 2 aromatic carbocycles. The minimum Gasteiger partial charge on any atom is -0.367 e. The fourth-order valence-electron chi connectivity index (χ4n) is 4.54. The van der Waals surface area contributed by atoms with Crippen LogP contribution in [0.25, 0.3) is 22.0 Å². The van der Waals surface area contributed by atoms with Gasteiger partial charge in [0.15, 0.2) is 0 Å². The van der Waals surface area contributed by atoms with Crippen LogP contribution in [-0.4, -0.2) is 42.6 Å². The lowest BCUT2D eigenvalue weighted by atomic mass is 10.0. The number of hydrogen-bond acceptors (Lipinski definition) is 5. The summed E-state index contributed by atoms with van der Waals surface area (Å²) < 4.78 is 1.66. The van der Waals surface area contributed by atoms with Gasteiger partial charge in [-0.25, -0.2) is 9.97 Å². The lowest BCUT2D eigenvalue weighted by Gasteiger charge is -2.23. The maximum atomic E-state index is 13.4. The number of anilines is 1. The van der Waals surface area contributed by atoms with Gasteiger partial charge in [-0.15, -0.1) is 0 Å². The number of nitrogens with one attached hydrogen (secondary N) is 1. The van der Waals surface area contributed by atoms with Crippen LogP contribution in [0.1, 0.15) is 47.4 Å². The maximum absolute atomic E-state index is 13.4. The Morgan fingerprint density at radius 3 is 2.57 bits per heavy atom. The molecular formula is C27H27ClN6O. The number of fused-ring (bicyclic) bond motifs is 1. The van der Waals surface area contributed by atoms with Gasteiger partial charge in [-0.1, -0.05) is 23.7 Å². The molecule has 6 rings (SSSR count). The van der Waals surface area contributed by atoms with E-state index in [1.165, 1.54) is 12.8 Å². The van der Waals surface area contributed by atoms with E-state index in [9.17, 15) is 4.79 Å². The SMILES string of the molecule is Cc1cc(C(=O)N(Cc2cc(-c3ccc4ncnc(NC5CC5)c4c3)ccc2Cl)C2CC2)n(C)n1. The van der Waals surface area contributed by atoms with Crippen molar-refractivity contribution in [1.29, 1.82) is 0 Å². The molecule has 0 bridgehead atoms. The summed E-state index contributed by atoms with van der Waals surface area (Å²) in [6.45, 7) is 2.37. The summed E-state index contributed by atoms with van der Waals surface area (Å²) in [5.74, 6) is 0.876. The zero-order valence-corrected chi connectivity index (χ0v) is 20.6. The molecule has 1 N–H and O–H groups in total. The first kappa shape index (κ1) is 22.0. The number of benzene rings is 2. The van der Waals surface area contributed by atoms with Crippen molar-refractivity contribution in [2.24, 2.45) is 7.05 Å². The van der Waals surface area contributed by atoms with E-state index >= 15 is 0 Å². The van der Waals surface area contributed by atoms with Gasteiger partial charge in [-0.2, -0.15) is 5.10 Å². The third-order valence-corrected chi connectivity index (χ3v) is 7.11. The minimum atomic E-state index is -0.00397. The predicted octanol–water partition coefficient (Wildman–Crippen LogP) is 5.37. The quantitative estimate of drug-likeness (QED) is 0.380. The number of aromatic nitrogens is 4. The molecule has 8 heteroatoms. The van der Waals surface area contributed by atoms with Gasteiger partial charge in [0, 0.05) is 36.1 Å².